The van der Waals surface area contributed by atoms with Crippen LogP contribution in [-0.4, -0.2) is 53.0 Å². The largest absolute Gasteiger partial charge is 0.481 e. The molecule has 4 N–H and O–H groups in total. The number of likely N-dealkylation sites (tertiary alicyclic amines) is 1. The van der Waals surface area contributed by atoms with E-state index in [0.717, 1.165) is 24.8 Å². The van der Waals surface area contributed by atoms with Crippen LogP contribution < -0.4 is 11.1 Å². The fourth-order valence-corrected chi connectivity index (χ4v) is 3.58. The third-order valence-corrected chi connectivity index (χ3v) is 5.02. The van der Waals surface area contributed by atoms with Crippen molar-refractivity contribution in [2.24, 2.45) is 5.73 Å². The third-order valence-electron chi connectivity index (χ3n) is 5.02. The van der Waals surface area contributed by atoms with Gasteiger partial charge in [-0.05, 0) is 37.7 Å². The van der Waals surface area contributed by atoms with Gasteiger partial charge in [0.1, 0.15) is 6.04 Å². The summed E-state index contributed by atoms with van der Waals surface area (Å²) in [6.07, 6.45) is 4.61. The molecule has 28 heavy (non-hydrogen) atoms. The zero-order chi connectivity index (χ0) is 20.4. The van der Waals surface area contributed by atoms with Gasteiger partial charge >= 0.3 is 5.97 Å². The van der Waals surface area contributed by atoms with Crippen molar-refractivity contribution in [1.82, 2.24) is 10.2 Å². The Kier molecular flexibility index (Phi) is 8.94. The molecule has 0 radical (unpaired) electrons. The second kappa shape index (κ2) is 11.4. The van der Waals surface area contributed by atoms with Crippen molar-refractivity contribution in [3.8, 4) is 0 Å². The Hall–Kier alpha value is -2.41. The lowest BCUT2D eigenvalue weighted by Gasteiger charge is -2.25. The van der Waals surface area contributed by atoms with E-state index in [1.54, 1.807) is 4.90 Å². The number of carboxylic acid groups (broad SMARTS) is 1. The number of aliphatic carboxylic acids is 1. The zero-order valence-corrected chi connectivity index (χ0v) is 16.3. The number of rotatable bonds is 11. The Morgan fingerprint density at radius 2 is 1.93 bits per heavy atom. The second-order valence-electron chi connectivity index (χ2n) is 7.39. The van der Waals surface area contributed by atoms with E-state index < -0.39 is 12.0 Å². The number of nitrogens with one attached hydrogen (secondary N) is 1. The second-order valence-corrected chi connectivity index (χ2v) is 7.39. The Bertz CT molecular complexity index is 650. The normalized spacial score (nSPS) is 17.3. The first kappa shape index (κ1) is 21.9. The molecule has 0 bridgehead atoms. The monoisotopic (exact) mass is 389 g/mol. The molecule has 0 aliphatic carbocycles. The highest BCUT2D eigenvalue weighted by atomic mass is 16.4. The number of unbranched alkanes of at least 4 members (excludes halogenated alkanes) is 2. The SMILES string of the molecule is N[C@@H](CC(=O)N1CCC[C@H]1C(=O)NCCCCCC(=O)O)Cc1ccccc1. The van der Waals surface area contributed by atoms with Crippen LogP contribution in [0.5, 0.6) is 0 Å². The average molecular weight is 389 g/mol. The molecule has 1 fully saturated rings. The number of carbonyl (C=O) groups excluding carboxylic acids is 2. The maximum absolute atomic E-state index is 12.7. The van der Waals surface area contributed by atoms with Gasteiger partial charge < -0.3 is 21.1 Å². The van der Waals surface area contributed by atoms with Crippen LogP contribution in [-0.2, 0) is 20.8 Å². The first-order chi connectivity index (χ1) is 13.5. The number of benzene rings is 1. The molecule has 2 atom stereocenters. The minimum absolute atomic E-state index is 0.0671. The van der Waals surface area contributed by atoms with Crippen LogP contribution in [0.3, 0.4) is 0 Å². The summed E-state index contributed by atoms with van der Waals surface area (Å²) in [5.41, 5.74) is 7.25. The number of nitrogens with two attached hydrogens (primary N) is 1. The van der Waals surface area contributed by atoms with Gasteiger partial charge in [0.15, 0.2) is 0 Å². The fraction of sp³-hybridized carbons (Fsp3) is 0.571. The Morgan fingerprint density at radius 3 is 2.64 bits per heavy atom. The molecule has 2 rings (SSSR count). The molecule has 0 unspecified atom stereocenters. The first-order valence-corrected chi connectivity index (χ1v) is 10.1. The average Bonchev–Trinajstić information content (AvgIpc) is 3.15. The van der Waals surface area contributed by atoms with Gasteiger partial charge in [-0.25, -0.2) is 0 Å². The smallest absolute Gasteiger partial charge is 0.303 e. The predicted molar refractivity (Wildman–Crippen MR) is 107 cm³/mol. The van der Waals surface area contributed by atoms with Crippen LogP contribution in [0.2, 0.25) is 0 Å². The van der Waals surface area contributed by atoms with E-state index in [1.807, 2.05) is 30.3 Å². The summed E-state index contributed by atoms with van der Waals surface area (Å²) in [6, 6.07) is 9.14. The van der Waals surface area contributed by atoms with Crippen molar-refractivity contribution in [3.05, 3.63) is 35.9 Å². The highest BCUT2D eigenvalue weighted by Gasteiger charge is 2.34. The number of carbonyl (C=O) groups is 3. The number of nitrogens with zero attached hydrogens (tertiary/aromatic N) is 1. The van der Waals surface area contributed by atoms with Crippen LogP contribution in [0.4, 0.5) is 0 Å². The highest BCUT2D eigenvalue weighted by molar-refractivity contribution is 5.88. The standard InChI is InChI=1S/C21H31N3O4/c22-17(14-16-8-3-1-4-9-16)15-19(25)24-13-7-10-18(24)21(28)23-12-6-2-5-11-20(26)27/h1,3-4,8-9,17-18H,2,5-7,10-15,22H2,(H,23,28)(H,26,27)/t17-,18+/m1/s1. The van der Waals surface area contributed by atoms with Gasteiger partial charge in [0.25, 0.3) is 0 Å². The van der Waals surface area contributed by atoms with Gasteiger partial charge in [0.05, 0.1) is 0 Å². The highest BCUT2D eigenvalue weighted by Crippen LogP contribution is 2.19. The summed E-state index contributed by atoms with van der Waals surface area (Å²) < 4.78 is 0. The molecule has 1 aromatic rings. The zero-order valence-electron chi connectivity index (χ0n) is 16.3. The van der Waals surface area contributed by atoms with E-state index in [4.69, 9.17) is 10.8 Å². The molecular formula is C21H31N3O4. The summed E-state index contributed by atoms with van der Waals surface area (Å²) in [6.45, 7) is 1.10. The van der Waals surface area contributed by atoms with Gasteiger partial charge in [-0.1, -0.05) is 36.8 Å². The molecule has 1 aliphatic heterocycles. The van der Waals surface area contributed by atoms with Crippen molar-refractivity contribution in [1.29, 1.82) is 0 Å². The lowest BCUT2D eigenvalue weighted by atomic mass is 10.0. The lowest BCUT2D eigenvalue weighted by molar-refractivity contribution is -0.138. The van der Waals surface area contributed by atoms with Crippen molar-refractivity contribution in [2.45, 2.75) is 63.5 Å². The van der Waals surface area contributed by atoms with Crippen LogP contribution >= 0.6 is 0 Å². The van der Waals surface area contributed by atoms with Crippen molar-refractivity contribution in [2.75, 3.05) is 13.1 Å². The molecule has 154 valence electrons. The first-order valence-electron chi connectivity index (χ1n) is 10.1. The molecule has 1 aliphatic rings. The lowest BCUT2D eigenvalue weighted by Crippen LogP contribution is -2.47. The maximum Gasteiger partial charge on any atom is 0.303 e. The minimum Gasteiger partial charge on any atom is -0.481 e. The van der Waals surface area contributed by atoms with Gasteiger partial charge in [-0.15, -0.1) is 0 Å². The summed E-state index contributed by atoms with van der Waals surface area (Å²) in [5.74, 6) is -0.988. The van der Waals surface area contributed by atoms with E-state index in [9.17, 15) is 14.4 Å². The van der Waals surface area contributed by atoms with Crippen molar-refractivity contribution >= 4 is 17.8 Å². The van der Waals surface area contributed by atoms with Crippen LogP contribution in [0.15, 0.2) is 30.3 Å². The Balaban J connectivity index is 1.73. The molecular weight excluding hydrogens is 358 g/mol. The number of hydrogen-bond donors (Lipinski definition) is 3. The van der Waals surface area contributed by atoms with Crippen molar-refractivity contribution < 1.29 is 19.5 Å². The van der Waals surface area contributed by atoms with E-state index in [-0.39, 0.29) is 30.7 Å². The molecule has 7 nitrogen and oxygen atoms in total. The van der Waals surface area contributed by atoms with E-state index in [1.165, 1.54) is 0 Å². The van der Waals surface area contributed by atoms with Gasteiger partial charge in [0.2, 0.25) is 11.8 Å². The van der Waals surface area contributed by atoms with Crippen LogP contribution in [0, 0.1) is 0 Å². The maximum atomic E-state index is 12.7. The molecule has 7 heteroatoms. The quantitative estimate of drug-likeness (QED) is 0.499. The number of amides is 2. The van der Waals surface area contributed by atoms with Gasteiger partial charge in [-0.2, -0.15) is 0 Å². The van der Waals surface area contributed by atoms with E-state index >= 15 is 0 Å². The molecule has 2 amide bonds. The number of carboxylic acids is 1. The topological polar surface area (TPSA) is 113 Å². The van der Waals surface area contributed by atoms with E-state index in [2.05, 4.69) is 5.32 Å². The molecule has 1 aromatic carbocycles. The molecule has 0 saturated carbocycles. The summed E-state index contributed by atoms with van der Waals surface area (Å²) in [5, 5.41) is 11.5. The fourth-order valence-electron chi connectivity index (χ4n) is 3.58. The molecule has 1 saturated heterocycles. The summed E-state index contributed by atoms with van der Waals surface area (Å²) >= 11 is 0. The minimum atomic E-state index is -0.797. The van der Waals surface area contributed by atoms with E-state index in [0.29, 0.717) is 32.4 Å². The predicted octanol–water partition coefficient (Wildman–Crippen LogP) is 1.70. The van der Waals surface area contributed by atoms with Gasteiger partial charge in [0, 0.05) is 32.0 Å². The molecule has 1 heterocycles. The van der Waals surface area contributed by atoms with Crippen molar-refractivity contribution in [3.63, 3.8) is 0 Å². The summed E-state index contributed by atoms with van der Waals surface area (Å²) in [7, 11) is 0. The van der Waals surface area contributed by atoms with Crippen LogP contribution in [0.1, 0.15) is 50.5 Å². The molecule has 0 spiro atoms. The van der Waals surface area contributed by atoms with Crippen LogP contribution in [0.25, 0.3) is 0 Å². The summed E-state index contributed by atoms with van der Waals surface area (Å²) in [4.78, 5) is 37.2. The molecule has 0 aromatic heterocycles. The third kappa shape index (κ3) is 7.31. The van der Waals surface area contributed by atoms with Gasteiger partial charge in [-0.3, -0.25) is 14.4 Å². The Labute approximate surface area is 166 Å². The Morgan fingerprint density at radius 1 is 1.18 bits per heavy atom. The number of hydrogen-bond acceptors (Lipinski definition) is 4.